The summed E-state index contributed by atoms with van der Waals surface area (Å²) in [5.74, 6) is -1.46. The average Bonchev–Trinajstić information content (AvgIpc) is 2.01. The fraction of sp³-hybridized carbons (Fsp3) is 0.500. The van der Waals surface area contributed by atoms with Crippen molar-refractivity contribution in [2.45, 2.75) is 20.3 Å². The van der Waals surface area contributed by atoms with Gasteiger partial charge in [-0.1, -0.05) is 5.16 Å². The molecule has 0 heterocycles. The number of carbonyl (C=O) groups is 3. The molecule has 0 radical (unpaired) electrons. The predicted molar refractivity (Wildman–Crippen MR) is 46.5 cm³/mol. The van der Waals surface area contributed by atoms with Crippen LogP contribution in [-0.2, 0) is 24.0 Å². The summed E-state index contributed by atoms with van der Waals surface area (Å²) in [6.45, 7) is 2.35. The molecule has 0 aromatic carbocycles. The van der Waals surface area contributed by atoms with E-state index in [1.807, 2.05) is 0 Å². The minimum atomic E-state index is -0.633. The molecule has 0 saturated heterocycles. The van der Waals surface area contributed by atoms with E-state index in [0.29, 0.717) is 0 Å². The zero-order valence-electron chi connectivity index (χ0n) is 7.98. The molecule has 0 N–H and O–H groups in total. The fourth-order valence-corrected chi connectivity index (χ4v) is 0.526. The van der Waals surface area contributed by atoms with Gasteiger partial charge in [-0.25, -0.2) is 4.79 Å². The number of carbonyl (C=O) groups excluding carboxylic acids is 3. The molecule has 0 spiro atoms. The molecule has 14 heavy (non-hydrogen) atoms. The van der Waals surface area contributed by atoms with Crippen LogP contribution in [0.25, 0.3) is 0 Å². The Labute approximate surface area is 80.9 Å². The summed E-state index contributed by atoms with van der Waals surface area (Å²) in [4.78, 5) is 35.5. The number of hydrogen-bond donors (Lipinski definition) is 0. The first-order valence-corrected chi connectivity index (χ1v) is 3.87. The van der Waals surface area contributed by atoms with Gasteiger partial charge in [0.25, 0.3) is 0 Å². The number of ketones is 1. The fourth-order valence-electron chi connectivity index (χ4n) is 0.526. The summed E-state index contributed by atoms with van der Waals surface area (Å²) in [5.41, 5.74) is 0. The molecular formula is C8H11NO5. The van der Waals surface area contributed by atoms with E-state index in [0.717, 1.165) is 6.21 Å². The van der Waals surface area contributed by atoms with E-state index < -0.39 is 11.9 Å². The van der Waals surface area contributed by atoms with Gasteiger partial charge in [-0.2, -0.15) is 0 Å². The highest BCUT2D eigenvalue weighted by Gasteiger charge is 2.04. The molecule has 0 rings (SSSR count). The van der Waals surface area contributed by atoms with Crippen molar-refractivity contribution in [3.63, 3.8) is 0 Å². The van der Waals surface area contributed by atoms with Crippen LogP contribution < -0.4 is 0 Å². The van der Waals surface area contributed by atoms with Gasteiger partial charge in [0, 0.05) is 6.92 Å². The number of hydrogen-bond acceptors (Lipinski definition) is 6. The lowest BCUT2D eigenvalue weighted by Crippen LogP contribution is -2.10. The van der Waals surface area contributed by atoms with E-state index in [1.165, 1.54) is 13.8 Å². The second kappa shape index (κ2) is 6.76. The van der Waals surface area contributed by atoms with Gasteiger partial charge in [0.05, 0.1) is 6.21 Å². The number of ether oxygens (including phenoxy) is 1. The maximum absolute atomic E-state index is 10.7. The largest absolute Gasteiger partial charge is 0.459 e. The molecule has 0 aliphatic carbocycles. The van der Waals surface area contributed by atoms with Gasteiger partial charge in [-0.3, -0.25) is 9.59 Å². The monoisotopic (exact) mass is 201 g/mol. The van der Waals surface area contributed by atoms with Crippen molar-refractivity contribution in [1.29, 1.82) is 0 Å². The van der Waals surface area contributed by atoms with Gasteiger partial charge < -0.3 is 9.57 Å². The van der Waals surface area contributed by atoms with Gasteiger partial charge in [-0.05, 0) is 6.92 Å². The second-order valence-electron chi connectivity index (χ2n) is 2.43. The van der Waals surface area contributed by atoms with Crippen molar-refractivity contribution in [2.24, 2.45) is 5.16 Å². The minimum absolute atomic E-state index is 0.126. The van der Waals surface area contributed by atoms with Crippen LogP contribution in [-0.4, -0.2) is 30.5 Å². The number of oxime groups is 1. The van der Waals surface area contributed by atoms with E-state index in [1.54, 1.807) is 0 Å². The van der Waals surface area contributed by atoms with Crippen molar-refractivity contribution < 1.29 is 24.0 Å². The SMILES string of the molecule is CC(=O)CC(=O)OCC=NOC(C)=O. The average molecular weight is 201 g/mol. The smallest absolute Gasteiger partial charge is 0.331 e. The van der Waals surface area contributed by atoms with E-state index >= 15 is 0 Å². The molecular weight excluding hydrogens is 190 g/mol. The molecule has 0 aliphatic heterocycles. The first kappa shape index (κ1) is 12.3. The summed E-state index contributed by atoms with van der Waals surface area (Å²) in [6, 6.07) is 0. The Bertz CT molecular complexity index is 258. The zero-order chi connectivity index (χ0) is 11.0. The Morgan fingerprint density at radius 1 is 1.29 bits per heavy atom. The highest BCUT2D eigenvalue weighted by atomic mass is 16.7. The topological polar surface area (TPSA) is 82.0 Å². The summed E-state index contributed by atoms with van der Waals surface area (Å²) in [5, 5.41) is 3.19. The lowest BCUT2D eigenvalue weighted by Gasteiger charge is -1.97. The Balaban J connectivity index is 3.53. The molecule has 0 aromatic heterocycles. The van der Waals surface area contributed by atoms with Gasteiger partial charge in [0.1, 0.15) is 18.8 Å². The van der Waals surface area contributed by atoms with Crippen molar-refractivity contribution in [2.75, 3.05) is 6.61 Å². The second-order valence-corrected chi connectivity index (χ2v) is 2.43. The third-order valence-corrected chi connectivity index (χ3v) is 0.968. The summed E-state index contributed by atoms with van der Waals surface area (Å²) >= 11 is 0. The standard InChI is InChI=1S/C8H11NO5/c1-6(10)5-8(12)13-4-3-9-14-7(2)11/h3H,4-5H2,1-2H3. The van der Waals surface area contributed by atoms with Gasteiger partial charge in [-0.15, -0.1) is 0 Å². The molecule has 0 unspecified atom stereocenters. The number of Topliss-reactive ketones (excluding diaryl/α,β-unsaturated/α-hetero) is 1. The van der Waals surface area contributed by atoms with E-state index in [4.69, 9.17) is 0 Å². The molecule has 0 atom stereocenters. The molecule has 0 aliphatic rings. The van der Waals surface area contributed by atoms with Gasteiger partial charge >= 0.3 is 11.9 Å². The molecule has 6 nitrogen and oxygen atoms in total. The zero-order valence-corrected chi connectivity index (χ0v) is 7.98. The summed E-state index contributed by atoms with van der Waals surface area (Å²) < 4.78 is 4.53. The first-order valence-electron chi connectivity index (χ1n) is 3.87. The molecule has 0 amide bonds. The summed E-state index contributed by atoms with van der Waals surface area (Å²) in [7, 11) is 0. The summed E-state index contributed by atoms with van der Waals surface area (Å²) in [6.07, 6.45) is 0.848. The van der Waals surface area contributed by atoms with Crippen LogP contribution in [0.2, 0.25) is 0 Å². The lowest BCUT2D eigenvalue weighted by atomic mass is 10.3. The molecule has 0 aromatic rings. The highest BCUT2D eigenvalue weighted by molar-refractivity contribution is 5.94. The van der Waals surface area contributed by atoms with Crippen molar-refractivity contribution >= 4 is 23.9 Å². The predicted octanol–water partition coefficient (Wildman–Crippen LogP) is 0.0576. The van der Waals surface area contributed by atoms with Crippen LogP contribution >= 0.6 is 0 Å². The normalized spacial score (nSPS) is 9.86. The van der Waals surface area contributed by atoms with Crippen LogP contribution in [0.15, 0.2) is 5.16 Å². The highest BCUT2D eigenvalue weighted by Crippen LogP contribution is 1.86. The maximum Gasteiger partial charge on any atom is 0.331 e. The van der Waals surface area contributed by atoms with E-state index in [2.05, 4.69) is 14.7 Å². The first-order chi connectivity index (χ1) is 6.52. The minimum Gasteiger partial charge on any atom is -0.459 e. The Kier molecular flexibility index (Phi) is 5.93. The van der Waals surface area contributed by atoms with Gasteiger partial charge in [0.2, 0.25) is 0 Å². The third-order valence-electron chi connectivity index (χ3n) is 0.968. The molecule has 0 fully saturated rings. The molecule has 78 valence electrons. The Hall–Kier alpha value is -1.72. The van der Waals surface area contributed by atoms with E-state index in [-0.39, 0.29) is 18.8 Å². The van der Waals surface area contributed by atoms with Crippen LogP contribution in [0, 0.1) is 0 Å². The quantitative estimate of drug-likeness (QED) is 0.206. The Morgan fingerprint density at radius 3 is 2.43 bits per heavy atom. The van der Waals surface area contributed by atoms with Crippen LogP contribution in [0.4, 0.5) is 0 Å². The van der Waals surface area contributed by atoms with Crippen LogP contribution in [0.3, 0.4) is 0 Å². The molecule has 0 bridgehead atoms. The van der Waals surface area contributed by atoms with Crippen LogP contribution in [0.5, 0.6) is 0 Å². The maximum atomic E-state index is 10.7. The molecule has 0 saturated carbocycles. The van der Waals surface area contributed by atoms with Crippen molar-refractivity contribution in [3.05, 3.63) is 0 Å². The lowest BCUT2D eigenvalue weighted by molar-refractivity contribution is -0.144. The molecule has 6 heteroatoms. The van der Waals surface area contributed by atoms with Crippen molar-refractivity contribution in [1.82, 2.24) is 0 Å². The number of nitrogens with zero attached hydrogens (tertiary/aromatic N) is 1. The third kappa shape index (κ3) is 8.38. The Morgan fingerprint density at radius 2 is 1.93 bits per heavy atom. The van der Waals surface area contributed by atoms with E-state index in [9.17, 15) is 14.4 Å². The van der Waals surface area contributed by atoms with Gasteiger partial charge in [0.15, 0.2) is 0 Å². The number of rotatable bonds is 5. The van der Waals surface area contributed by atoms with Crippen molar-refractivity contribution in [3.8, 4) is 0 Å². The van der Waals surface area contributed by atoms with Crippen LogP contribution in [0.1, 0.15) is 20.3 Å². The number of esters is 1.